The number of halogens is 2. The van der Waals surface area contributed by atoms with Gasteiger partial charge in [0.1, 0.15) is 0 Å². The summed E-state index contributed by atoms with van der Waals surface area (Å²) in [5.74, 6) is -1.99. The lowest BCUT2D eigenvalue weighted by atomic mass is 9.82. The van der Waals surface area contributed by atoms with Crippen molar-refractivity contribution in [3.8, 4) is 0 Å². The van der Waals surface area contributed by atoms with Crippen molar-refractivity contribution in [2.75, 3.05) is 26.2 Å². The number of nitrogens with zero attached hydrogens (tertiary/aromatic N) is 3. The van der Waals surface area contributed by atoms with Gasteiger partial charge in [-0.1, -0.05) is 50.8 Å². The summed E-state index contributed by atoms with van der Waals surface area (Å²) in [5, 5.41) is 19.2. The Morgan fingerprint density at radius 3 is 2.34 bits per heavy atom. The molecule has 2 aromatic rings. The SMILES string of the molecule is C=C(N=C(C)C1CC(c2ccc(CO)cc2)CN(C(=O)N2CCC(O)CC2)C1)c1cccc(F)c1F.CC. The smallest absolute Gasteiger partial charge is 0.320 e. The molecule has 206 valence electrons. The molecule has 2 amide bonds. The molecule has 0 spiro atoms. The van der Waals surface area contributed by atoms with Gasteiger partial charge in [0.2, 0.25) is 0 Å². The maximum absolute atomic E-state index is 14.3. The first kappa shape index (κ1) is 29.5. The number of aliphatic hydroxyl groups is 2. The van der Waals surface area contributed by atoms with Crippen molar-refractivity contribution < 1.29 is 23.8 Å². The second-order valence-electron chi connectivity index (χ2n) is 9.74. The van der Waals surface area contributed by atoms with Crippen LogP contribution in [-0.4, -0.2) is 64.0 Å². The fourth-order valence-electron chi connectivity index (χ4n) is 5.04. The molecule has 2 atom stereocenters. The van der Waals surface area contributed by atoms with Crippen molar-refractivity contribution in [3.63, 3.8) is 0 Å². The Morgan fingerprint density at radius 2 is 1.71 bits per heavy atom. The number of aliphatic hydroxyl groups excluding tert-OH is 2. The van der Waals surface area contributed by atoms with Gasteiger partial charge < -0.3 is 20.0 Å². The van der Waals surface area contributed by atoms with Crippen LogP contribution in [0.5, 0.6) is 0 Å². The fourth-order valence-corrected chi connectivity index (χ4v) is 5.04. The van der Waals surface area contributed by atoms with E-state index < -0.39 is 11.6 Å². The summed E-state index contributed by atoms with van der Waals surface area (Å²) in [7, 11) is 0. The standard InChI is InChI=1S/C28H33F2N3O3.C2H6/c1-18(31-19(2)25-4-3-5-26(29)27(25)30)22-14-23(21-8-6-20(17-34)7-9-21)16-33(15-22)28(36)32-12-10-24(35)11-13-32;1-2/h3-9,22-24,34-35H,2,10-17H2,1H3;1-2H3. The molecule has 8 heteroatoms. The summed E-state index contributed by atoms with van der Waals surface area (Å²) >= 11 is 0. The molecule has 0 radical (unpaired) electrons. The number of rotatable bonds is 5. The van der Waals surface area contributed by atoms with Gasteiger partial charge >= 0.3 is 6.03 Å². The number of piperidine rings is 2. The van der Waals surface area contributed by atoms with Gasteiger partial charge in [0.05, 0.1) is 18.4 Å². The summed E-state index contributed by atoms with van der Waals surface area (Å²) in [4.78, 5) is 21.6. The molecular formula is C30H39F2N3O3. The van der Waals surface area contributed by atoms with Crippen molar-refractivity contribution in [1.29, 1.82) is 0 Å². The Bertz CT molecular complexity index is 1130. The number of aliphatic imine (C=N–C) groups is 1. The van der Waals surface area contributed by atoms with Crippen LogP contribution in [-0.2, 0) is 6.61 Å². The lowest BCUT2D eigenvalue weighted by Crippen LogP contribution is -2.52. The zero-order valence-electron chi connectivity index (χ0n) is 22.5. The normalized spacial score (nSPS) is 20.6. The van der Waals surface area contributed by atoms with Crippen molar-refractivity contribution in [2.24, 2.45) is 10.9 Å². The number of urea groups is 1. The van der Waals surface area contributed by atoms with E-state index >= 15 is 0 Å². The van der Waals surface area contributed by atoms with Gasteiger partial charge in [0, 0.05) is 49.3 Å². The highest BCUT2D eigenvalue weighted by Crippen LogP contribution is 2.33. The highest BCUT2D eigenvalue weighted by Gasteiger charge is 2.35. The summed E-state index contributed by atoms with van der Waals surface area (Å²) in [5.41, 5.74) is 2.73. The quantitative estimate of drug-likeness (QED) is 0.497. The van der Waals surface area contributed by atoms with Gasteiger partial charge in [0.15, 0.2) is 11.6 Å². The molecule has 2 unspecified atom stereocenters. The van der Waals surface area contributed by atoms with Crippen LogP contribution in [0, 0.1) is 17.6 Å². The summed E-state index contributed by atoms with van der Waals surface area (Å²) in [6.45, 7) is 11.7. The Balaban J connectivity index is 0.00000195. The molecule has 0 bridgehead atoms. The van der Waals surface area contributed by atoms with Crippen molar-refractivity contribution in [2.45, 2.75) is 58.7 Å². The minimum absolute atomic E-state index is 0.0149. The van der Waals surface area contributed by atoms with Crippen LogP contribution in [0.2, 0.25) is 0 Å². The molecular weight excluding hydrogens is 488 g/mol. The summed E-state index contributed by atoms with van der Waals surface area (Å²) in [6, 6.07) is 11.6. The number of hydrogen-bond acceptors (Lipinski definition) is 4. The molecule has 6 nitrogen and oxygen atoms in total. The largest absolute Gasteiger partial charge is 0.393 e. The van der Waals surface area contributed by atoms with E-state index in [-0.39, 0.29) is 41.8 Å². The molecule has 2 aliphatic heterocycles. The molecule has 4 rings (SSSR count). The molecule has 0 aliphatic carbocycles. The lowest BCUT2D eigenvalue weighted by Gasteiger charge is -2.41. The molecule has 0 aromatic heterocycles. The Morgan fingerprint density at radius 1 is 1.05 bits per heavy atom. The molecule has 2 saturated heterocycles. The molecule has 2 aliphatic rings. The average molecular weight is 528 g/mol. The van der Waals surface area contributed by atoms with Gasteiger partial charge in [0.25, 0.3) is 0 Å². The molecule has 2 heterocycles. The van der Waals surface area contributed by atoms with Crippen molar-refractivity contribution in [3.05, 3.63) is 77.4 Å². The zero-order valence-corrected chi connectivity index (χ0v) is 22.5. The van der Waals surface area contributed by atoms with E-state index in [9.17, 15) is 23.8 Å². The topological polar surface area (TPSA) is 76.4 Å². The van der Waals surface area contributed by atoms with E-state index in [1.165, 1.54) is 12.1 Å². The van der Waals surface area contributed by atoms with E-state index in [1.807, 2.05) is 49.9 Å². The zero-order chi connectivity index (χ0) is 27.8. The predicted molar refractivity (Wildman–Crippen MR) is 147 cm³/mol. The number of hydrogen-bond donors (Lipinski definition) is 2. The van der Waals surface area contributed by atoms with Crippen LogP contribution in [0.4, 0.5) is 13.6 Å². The average Bonchev–Trinajstić information content (AvgIpc) is 2.95. The number of carbonyl (C=O) groups is 1. The van der Waals surface area contributed by atoms with Gasteiger partial charge in [-0.15, -0.1) is 0 Å². The van der Waals surface area contributed by atoms with Crippen LogP contribution in [0.25, 0.3) is 5.70 Å². The summed E-state index contributed by atoms with van der Waals surface area (Å²) in [6.07, 6.45) is 1.49. The van der Waals surface area contributed by atoms with Crippen molar-refractivity contribution in [1.82, 2.24) is 9.80 Å². The maximum atomic E-state index is 14.3. The van der Waals surface area contributed by atoms with Crippen molar-refractivity contribution >= 4 is 17.4 Å². The second kappa shape index (κ2) is 13.6. The second-order valence-corrected chi connectivity index (χ2v) is 9.74. The van der Waals surface area contributed by atoms with Crippen LogP contribution in [0.1, 0.15) is 62.6 Å². The monoisotopic (exact) mass is 527 g/mol. The number of carbonyl (C=O) groups excluding carboxylic acids is 1. The first-order chi connectivity index (χ1) is 18.3. The minimum Gasteiger partial charge on any atom is -0.393 e. The van der Waals surface area contributed by atoms with Gasteiger partial charge in [-0.2, -0.15) is 0 Å². The lowest BCUT2D eigenvalue weighted by molar-refractivity contribution is 0.0752. The molecule has 2 N–H and O–H groups in total. The first-order valence-corrected chi connectivity index (χ1v) is 13.4. The third kappa shape index (κ3) is 7.05. The number of benzene rings is 2. The highest BCUT2D eigenvalue weighted by atomic mass is 19.2. The highest BCUT2D eigenvalue weighted by molar-refractivity contribution is 5.90. The first-order valence-electron chi connectivity index (χ1n) is 13.4. The van der Waals surface area contributed by atoms with Crippen LogP contribution in [0.3, 0.4) is 0 Å². The minimum atomic E-state index is -0.978. The molecule has 38 heavy (non-hydrogen) atoms. The molecule has 2 fully saturated rings. The van der Waals surface area contributed by atoms with Gasteiger partial charge in [-0.05, 0) is 49.4 Å². The van der Waals surface area contributed by atoms with E-state index in [4.69, 9.17) is 0 Å². The van der Waals surface area contributed by atoms with E-state index in [0.29, 0.717) is 44.7 Å². The van der Waals surface area contributed by atoms with Gasteiger partial charge in [-0.25, -0.2) is 13.6 Å². The molecule has 0 saturated carbocycles. The maximum Gasteiger partial charge on any atom is 0.320 e. The van der Waals surface area contributed by atoms with Crippen LogP contribution in [0.15, 0.2) is 54.0 Å². The van der Waals surface area contributed by atoms with E-state index in [2.05, 4.69) is 11.6 Å². The molecule has 2 aromatic carbocycles. The Hall–Kier alpha value is -3.10. The Kier molecular flexibility index (Phi) is 10.6. The third-order valence-corrected chi connectivity index (χ3v) is 7.25. The van der Waals surface area contributed by atoms with Gasteiger partial charge in [-0.3, -0.25) is 4.99 Å². The predicted octanol–water partition coefficient (Wildman–Crippen LogP) is 5.60. The number of likely N-dealkylation sites (tertiary alicyclic amines) is 2. The van der Waals surface area contributed by atoms with E-state index in [0.717, 1.165) is 23.6 Å². The van der Waals surface area contributed by atoms with Crippen LogP contribution < -0.4 is 0 Å². The fraction of sp³-hybridized carbons (Fsp3) is 0.467. The van der Waals surface area contributed by atoms with E-state index in [1.54, 1.807) is 4.90 Å². The number of amides is 2. The third-order valence-electron chi connectivity index (χ3n) is 7.25. The Labute approximate surface area is 224 Å². The summed E-state index contributed by atoms with van der Waals surface area (Å²) < 4.78 is 28.0. The van der Waals surface area contributed by atoms with Crippen LogP contribution >= 0.6 is 0 Å².